The summed E-state index contributed by atoms with van der Waals surface area (Å²) in [5.41, 5.74) is 1.14. The molecular weight excluding hydrogens is 400 g/mol. The van der Waals surface area contributed by atoms with Crippen LogP contribution in [-0.2, 0) is 20.9 Å². The zero-order chi connectivity index (χ0) is 22.1. The highest BCUT2D eigenvalue weighted by Crippen LogP contribution is 2.20. The van der Waals surface area contributed by atoms with Crippen LogP contribution in [0.2, 0.25) is 0 Å². The predicted molar refractivity (Wildman–Crippen MR) is 113 cm³/mol. The number of para-hydroxylation sites is 2. The maximum absolute atomic E-state index is 13.0. The Morgan fingerprint density at radius 1 is 1.16 bits per heavy atom. The average molecular weight is 428 g/mol. The third-order valence-corrected chi connectivity index (χ3v) is 5.90. The van der Waals surface area contributed by atoms with Gasteiger partial charge in [0, 0.05) is 32.6 Å². The predicted octanol–water partition coefficient (Wildman–Crippen LogP) is 0.912. The van der Waals surface area contributed by atoms with E-state index in [-0.39, 0.29) is 49.7 Å². The molecule has 3 heterocycles. The summed E-state index contributed by atoms with van der Waals surface area (Å²) in [7, 11) is 0. The Morgan fingerprint density at radius 2 is 1.94 bits per heavy atom. The molecule has 2 fully saturated rings. The molecule has 2 saturated heterocycles. The molecule has 31 heavy (non-hydrogen) atoms. The van der Waals surface area contributed by atoms with Crippen LogP contribution in [0.5, 0.6) is 0 Å². The Hall–Kier alpha value is -3.10. The number of fused-ring (bicyclic) bond motifs is 2. The number of oxazole rings is 1. The molecule has 0 N–H and O–H groups in total. The molecule has 4 rings (SSSR count). The monoisotopic (exact) mass is 428 g/mol. The molecule has 0 bridgehead atoms. The first kappa shape index (κ1) is 21.1. The van der Waals surface area contributed by atoms with Gasteiger partial charge in [-0.25, -0.2) is 4.79 Å². The van der Waals surface area contributed by atoms with Crippen LogP contribution in [0.4, 0.5) is 0 Å². The summed E-state index contributed by atoms with van der Waals surface area (Å²) in [6.07, 6.45) is 0.744. The SMILES string of the molecule is CC(C)CN1CC(=O)N2CCCN(C(=O)CCn3c(=O)oc4ccccc43)CC2C1=O. The molecule has 166 valence electrons. The number of aryl methyl sites for hydroxylation is 1. The van der Waals surface area contributed by atoms with E-state index >= 15 is 0 Å². The second kappa shape index (κ2) is 8.56. The van der Waals surface area contributed by atoms with Crippen LogP contribution in [0.1, 0.15) is 26.7 Å². The van der Waals surface area contributed by atoms with Gasteiger partial charge in [0.05, 0.1) is 18.6 Å². The molecule has 1 aromatic carbocycles. The number of nitrogens with zero attached hydrogens (tertiary/aromatic N) is 4. The lowest BCUT2D eigenvalue weighted by Gasteiger charge is -2.40. The fourth-order valence-corrected chi connectivity index (χ4v) is 4.45. The van der Waals surface area contributed by atoms with Gasteiger partial charge in [0.2, 0.25) is 17.7 Å². The lowest BCUT2D eigenvalue weighted by Crippen LogP contribution is -2.62. The average Bonchev–Trinajstić information content (AvgIpc) is 2.89. The summed E-state index contributed by atoms with van der Waals surface area (Å²) in [5, 5.41) is 0. The Bertz CT molecular complexity index is 1060. The number of hydrogen-bond acceptors (Lipinski definition) is 5. The largest absolute Gasteiger partial charge is 0.419 e. The van der Waals surface area contributed by atoms with Gasteiger partial charge in [0.15, 0.2) is 5.58 Å². The van der Waals surface area contributed by atoms with Gasteiger partial charge in [-0.15, -0.1) is 0 Å². The van der Waals surface area contributed by atoms with Crippen molar-refractivity contribution < 1.29 is 18.8 Å². The van der Waals surface area contributed by atoms with E-state index in [0.29, 0.717) is 37.2 Å². The lowest BCUT2D eigenvalue weighted by molar-refractivity contribution is -0.156. The molecular formula is C22H28N4O5. The molecule has 2 aromatic rings. The molecule has 9 nitrogen and oxygen atoms in total. The Balaban J connectivity index is 1.46. The molecule has 2 aliphatic heterocycles. The van der Waals surface area contributed by atoms with Gasteiger partial charge < -0.3 is 19.1 Å². The molecule has 1 aromatic heterocycles. The number of carbonyl (C=O) groups is 3. The van der Waals surface area contributed by atoms with Gasteiger partial charge in [0.25, 0.3) is 0 Å². The maximum Gasteiger partial charge on any atom is 0.419 e. The van der Waals surface area contributed by atoms with E-state index in [2.05, 4.69) is 0 Å². The van der Waals surface area contributed by atoms with Crippen molar-refractivity contribution in [3.05, 3.63) is 34.8 Å². The van der Waals surface area contributed by atoms with Crippen molar-refractivity contribution in [3.63, 3.8) is 0 Å². The van der Waals surface area contributed by atoms with Crippen LogP contribution in [0.25, 0.3) is 11.1 Å². The molecule has 0 saturated carbocycles. The van der Waals surface area contributed by atoms with Crippen molar-refractivity contribution in [1.29, 1.82) is 0 Å². The summed E-state index contributed by atoms with van der Waals surface area (Å²) in [4.78, 5) is 55.7. The van der Waals surface area contributed by atoms with Gasteiger partial charge in [-0.05, 0) is 24.5 Å². The first-order chi connectivity index (χ1) is 14.8. The first-order valence-electron chi connectivity index (χ1n) is 10.8. The highest BCUT2D eigenvalue weighted by molar-refractivity contribution is 5.95. The summed E-state index contributed by atoms with van der Waals surface area (Å²) >= 11 is 0. The highest BCUT2D eigenvalue weighted by atomic mass is 16.4. The Labute approximate surface area is 180 Å². The minimum atomic E-state index is -0.635. The van der Waals surface area contributed by atoms with Crippen LogP contribution >= 0.6 is 0 Å². The third kappa shape index (κ3) is 4.22. The zero-order valence-electron chi connectivity index (χ0n) is 18.0. The minimum Gasteiger partial charge on any atom is -0.408 e. The van der Waals surface area contributed by atoms with Gasteiger partial charge >= 0.3 is 5.76 Å². The van der Waals surface area contributed by atoms with E-state index in [0.717, 1.165) is 0 Å². The number of hydrogen-bond donors (Lipinski definition) is 0. The summed E-state index contributed by atoms with van der Waals surface area (Å²) < 4.78 is 6.68. The molecule has 0 radical (unpaired) electrons. The van der Waals surface area contributed by atoms with Crippen molar-refractivity contribution >= 4 is 28.8 Å². The number of benzene rings is 1. The van der Waals surface area contributed by atoms with Crippen LogP contribution < -0.4 is 5.76 Å². The quantitative estimate of drug-likeness (QED) is 0.705. The molecule has 1 atom stereocenters. The number of carbonyl (C=O) groups excluding carboxylic acids is 3. The topological polar surface area (TPSA) is 96.1 Å². The third-order valence-electron chi connectivity index (χ3n) is 5.90. The molecule has 3 amide bonds. The fourth-order valence-electron chi connectivity index (χ4n) is 4.45. The van der Waals surface area contributed by atoms with Crippen LogP contribution in [-0.4, -0.2) is 75.8 Å². The summed E-state index contributed by atoms with van der Waals surface area (Å²) in [6, 6.07) is 6.46. The maximum atomic E-state index is 13.0. The number of rotatable bonds is 5. The van der Waals surface area contributed by atoms with E-state index in [9.17, 15) is 19.2 Å². The van der Waals surface area contributed by atoms with Gasteiger partial charge in [-0.3, -0.25) is 19.0 Å². The van der Waals surface area contributed by atoms with Crippen molar-refractivity contribution in [2.24, 2.45) is 5.92 Å². The number of amides is 3. The van der Waals surface area contributed by atoms with E-state index in [4.69, 9.17) is 4.42 Å². The van der Waals surface area contributed by atoms with E-state index in [1.807, 2.05) is 19.9 Å². The smallest absolute Gasteiger partial charge is 0.408 e. The van der Waals surface area contributed by atoms with Crippen LogP contribution in [0.3, 0.4) is 0 Å². The van der Waals surface area contributed by atoms with E-state index in [1.165, 1.54) is 4.57 Å². The van der Waals surface area contributed by atoms with Crippen molar-refractivity contribution in [2.45, 2.75) is 39.3 Å². The van der Waals surface area contributed by atoms with E-state index in [1.54, 1.807) is 32.9 Å². The minimum absolute atomic E-state index is 0.0593. The van der Waals surface area contributed by atoms with Crippen LogP contribution in [0, 0.1) is 5.92 Å². The zero-order valence-corrected chi connectivity index (χ0v) is 18.0. The van der Waals surface area contributed by atoms with Crippen molar-refractivity contribution in [3.8, 4) is 0 Å². The summed E-state index contributed by atoms with van der Waals surface area (Å²) in [6.45, 7) is 6.00. The van der Waals surface area contributed by atoms with Crippen LogP contribution in [0.15, 0.2) is 33.5 Å². The van der Waals surface area contributed by atoms with E-state index < -0.39 is 11.8 Å². The first-order valence-corrected chi connectivity index (χ1v) is 10.8. The Kier molecular flexibility index (Phi) is 5.84. The van der Waals surface area contributed by atoms with Crippen molar-refractivity contribution in [2.75, 3.05) is 32.7 Å². The van der Waals surface area contributed by atoms with Gasteiger partial charge in [-0.1, -0.05) is 26.0 Å². The molecule has 0 aliphatic carbocycles. The van der Waals surface area contributed by atoms with Gasteiger partial charge in [0.1, 0.15) is 6.04 Å². The summed E-state index contributed by atoms with van der Waals surface area (Å²) in [5.74, 6) is -0.524. The highest BCUT2D eigenvalue weighted by Gasteiger charge is 2.42. The second-order valence-corrected chi connectivity index (χ2v) is 8.65. The number of piperazine rings is 1. The number of aromatic nitrogens is 1. The molecule has 2 aliphatic rings. The molecule has 0 spiro atoms. The second-order valence-electron chi connectivity index (χ2n) is 8.65. The Morgan fingerprint density at radius 3 is 2.71 bits per heavy atom. The molecule has 1 unspecified atom stereocenters. The fraction of sp³-hybridized carbons (Fsp3) is 0.545. The van der Waals surface area contributed by atoms with Crippen molar-refractivity contribution in [1.82, 2.24) is 19.3 Å². The standard InChI is InChI=1S/C22H28N4O5/c1-15(2)12-24-14-20(28)25-10-5-9-23(13-17(25)21(24)29)19(27)8-11-26-16-6-3-4-7-18(16)31-22(26)30/h3-4,6-7,15,17H,5,8-14H2,1-2H3. The van der Waals surface area contributed by atoms with Gasteiger partial charge in [-0.2, -0.15) is 0 Å². The molecule has 9 heteroatoms. The normalized spacial score (nSPS) is 19.8. The lowest BCUT2D eigenvalue weighted by atomic mass is 10.1.